The number of hydrogen-bond acceptors (Lipinski definition) is 3. The van der Waals surface area contributed by atoms with Crippen LogP contribution in [0.25, 0.3) is 153 Å². The molecule has 0 atom stereocenters. The van der Waals surface area contributed by atoms with Crippen molar-refractivity contribution in [3.63, 3.8) is 0 Å². The summed E-state index contributed by atoms with van der Waals surface area (Å²) in [6, 6.07) is 97.5. The van der Waals surface area contributed by atoms with Crippen molar-refractivity contribution >= 4 is 102 Å². The Morgan fingerprint density at radius 3 is 0.701 bits per heavy atom. The summed E-state index contributed by atoms with van der Waals surface area (Å²) < 4.78 is 7.23. The van der Waals surface area contributed by atoms with Crippen LogP contribution < -0.4 is 0 Å². The minimum atomic E-state index is 0.923. The van der Waals surface area contributed by atoms with E-state index in [0.29, 0.717) is 0 Å². The van der Waals surface area contributed by atoms with Crippen LogP contribution in [0.2, 0.25) is 0 Å². The molecular formula is C81H54N6. The maximum atomic E-state index is 4.80. The zero-order valence-corrected chi connectivity index (χ0v) is 47.4. The lowest BCUT2D eigenvalue weighted by Crippen LogP contribution is -1.98. The first-order valence-corrected chi connectivity index (χ1v) is 29.5. The molecular weight excluding hydrogens is 1060 g/mol. The molecule has 0 saturated carbocycles. The average molecular weight is 1110 g/mol. The highest BCUT2D eigenvalue weighted by molar-refractivity contribution is 6.12. The van der Waals surface area contributed by atoms with Crippen LogP contribution in [-0.4, -0.2) is 28.7 Å². The molecule has 0 saturated heterocycles. The molecule has 0 spiro atoms. The van der Waals surface area contributed by atoms with Crippen molar-refractivity contribution in [3.05, 3.63) is 325 Å². The summed E-state index contributed by atoms with van der Waals surface area (Å²) in [5.74, 6) is 0. The van der Waals surface area contributed by atoms with Crippen LogP contribution in [0.5, 0.6) is 0 Å². The fraction of sp³-hybridized carbons (Fsp3) is 0. The van der Waals surface area contributed by atoms with Gasteiger partial charge < -0.3 is 13.7 Å². The smallest absolute Gasteiger partial charge is 0.0702 e. The summed E-state index contributed by atoms with van der Waals surface area (Å²) in [5.41, 5.74) is 22.4. The van der Waals surface area contributed by atoms with Gasteiger partial charge in [0, 0.05) is 67.6 Å². The number of fused-ring (bicyclic) bond motifs is 9. The van der Waals surface area contributed by atoms with Gasteiger partial charge in [0.15, 0.2) is 0 Å². The van der Waals surface area contributed by atoms with E-state index < -0.39 is 0 Å². The monoisotopic (exact) mass is 1110 g/mol. The Kier molecular flexibility index (Phi) is 12.8. The molecule has 6 heterocycles. The van der Waals surface area contributed by atoms with Crippen LogP contribution in [0.15, 0.2) is 292 Å². The molecule has 87 heavy (non-hydrogen) atoms. The predicted octanol–water partition coefficient (Wildman–Crippen LogP) is 20.7. The van der Waals surface area contributed by atoms with Crippen LogP contribution in [0.4, 0.5) is 0 Å². The molecule has 10 aromatic carbocycles. The molecule has 6 aromatic heterocycles. The van der Waals surface area contributed by atoms with E-state index in [9.17, 15) is 0 Å². The van der Waals surface area contributed by atoms with Crippen LogP contribution in [0, 0.1) is 0 Å². The first kappa shape index (κ1) is 51.0. The molecule has 408 valence electrons. The van der Waals surface area contributed by atoms with Gasteiger partial charge in [-0.05, 0) is 143 Å². The summed E-state index contributed by atoms with van der Waals surface area (Å²) in [4.78, 5) is 14.4. The molecule has 0 amide bonds. The number of benzene rings is 10. The van der Waals surface area contributed by atoms with Gasteiger partial charge in [-0.25, -0.2) is 0 Å². The number of rotatable bonds is 12. The summed E-state index contributed by atoms with van der Waals surface area (Å²) in [6.07, 6.45) is 19.2. The molecule has 16 rings (SSSR count). The fourth-order valence-electron chi connectivity index (χ4n) is 12.8. The number of pyridine rings is 3. The Balaban J connectivity index is 0.875. The van der Waals surface area contributed by atoms with Gasteiger partial charge in [0.1, 0.15) is 0 Å². The van der Waals surface area contributed by atoms with Gasteiger partial charge in [-0.3, -0.25) is 15.0 Å². The van der Waals surface area contributed by atoms with E-state index in [1.165, 1.54) is 32.3 Å². The van der Waals surface area contributed by atoms with Crippen molar-refractivity contribution in [3.8, 4) is 50.8 Å². The van der Waals surface area contributed by atoms with Gasteiger partial charge in [-0.15, -0.1) is 0 Å². The second kappa shape index (κ2) is 21.8. The van der Waals surface area contributed by atoms with E-state index in [1.807, 2.05) is 36.8 Å². The Morgan fingerprint density at radius 1 is 0.218 bits per heavy atom. The van der Waals surface area contributed by atoms with Crippen molar-refractivity contribution in [1.29, 1.82) is 0 Å². The molecule has 0 unspecified atom stereocenters. The predicted molar refractivity (Wildman–Crippen MR) is 365 cm³/mol. The van der Waals surface area contributed by atoms with Gasteiger partial charge in [0.05, 0.1) is 67.2 Å². The normalized spacial score (nSPS) is 12.0. The topological polar surface area (TPSA) is 53.5 Å². The van der Waals surface area contributed by atoms with Crippen LogP contribution in [0.3, 0.4) is 0 Å². The largest absolute Gasteiger partial charge is 0.309 e. The maximum Gasteiger partial charge on any atom is 0.0702 e. The molecule has 0 radical (unpaired) electrons. The van der Waals surface area contributed by atoms with Gasteiger partial charge in [-0.2, -0.15) is 0 Å². The Bertz CT molecular complexity index is 4680. The SMILES string of the molecule is C(=Cc1ccc(-c2ccccn2)cc1-n1c2ccccc2c2ccccc21)c1cc(/C=C\c2ccc(-c3ccccn3)cc2-n2c3ccccc3c3ccccc32)cc(/C=C\c2ccc(-c3ccccn3)cc2-n2c3ccccc3c3ccccc32)c1. The third-order valence-electron chi connectivity index (χ3n) is 16.8. The zero-order valence-electron chi connectivity index (χ0n) is 47.4. The minimum absolute atomic E-state index is 0.923. The third-order valence-corrected chi connectivity index (χ3v) is 16.8. The maximum absolute atomic E-state index is 4.80. The molecule has 0 N–H and O–H groups in total. The molecule has 0 bridgehead atoms. The highest BCUT2D eigenvalue weighted by Gasteiger charge is 2.19. The van der Waals surface area contributed by atoms with Crippen molar-refractivity contribution in [1.82, 2.24) is 28.7 Å². The highest BCUT2D eigenvalue weighted by Crippen LogP contribution is 2.39. The lowest BCUT2D eigenvalue weighted by molar-refractivity contribution is 1.17. The van der Waals surface area contributed by atoms with Gasteiger partial charge in [-0.1, -0.05) is 200 Å². The van der Waals surface area contributed by atoms with Crippen molar-refractivity contribution in [2.45, 2.75) is 0 Å². The van der Waals surface area contributed by atoms with Crippen molar-refractivity contribution in [2.75, 3.05) is 0 Å². The van der Waals surface area contributed by atoms with E-state index >= 15 is 0 Å². The standard InChI is InChI=1S/C81H54N6/c1-7-28-73-64(19-1)65-20-2-8-29-74(65)85(73)79-52-61(70-25-13-16-46-82-70)43-40-58(79)37-34-55-49-56(35-38-59-41-44-62(71-26-14-17-47-83-71)53-80(59)86-75-30-9-3-21-66(75)67-22-4-10-31-76(67)86)51-57(50-55)36-39-60-42-45-63(72-27-15-18-48-84-72)54-81(60)87-77-32-11-5-23-68(77)69-24-6-12-33-78(69)87/h1-54H/b37-34-,38-35-,39-36?. The number of para-hydroxylation sites is 6. The molecule has 6 heteroatoms. The second-order valence-corrected chi connectivity index (χ2v) is 22.0. The van der Waals surface area contributed by atoms with Gasteiger partial charge >= 0.3 is 0 Å². The quantitative estimate of drug-likeness (QED) is 0.115. The number of nitrogens with zero attached hydrogens (tertiary/aromatic N) is 6. The van der Waals surface area contributed by atoms with Gasteiger partial charge in [0.25, 0.3) is 0 Å². The van der Waals surface area contributed by atoms with Crippen molar-refractivity contribution in [2.24, 2.45) is 0 Å². The van der Waals surface area contributed by atoms with Crippen LogP contribution >= 0.6 is 0 Å². The Hall–Kier alpha value is -11.7. The average Bonchev–Trinajstić information content (AvgIpc) is 1.82. The number of hydrogen-bond donors (Lipinski definition) is 0. The summed E-state index contributed by atoms with van der Waals surface area (Å²) in [5, 5.41) is 7.26. The number of aromatic nitrogens is 6. The van der Waals surface area contributed by atoms with Crippen LogP contribution in [-0.2, 0) is 0 Å². The lowest BCUT2D eigenvalue weighted by Gasteiger charge is -2.14. The highest BCUT2D eigenvalue weighted by atomic mass is 15.0. The molecule has 16 aromatic rings. The molecule has 0 aliphatic rings. The van der Waals surface area contributed by atoms with E-state index in [-0.39, 0.29) is 0 Å². The first-order chi connectivity index (χ1) is 43.1. The molecule has 0 fully saturated rings. The van der Waals surface area contributed by atoms with E-state index in [0.717, 1.165) is 117 Å². The summed E-state index contributed by atoms with van der Waals surface area (Å²) in [6.45, 7) is 0. The second-order valence-electron chi connectivity index (χ2n) is 22.0. The summed E-state index contributed by atoms with van der Waals surface area (Å²) >= 11 is 0. The fourth-order valence-corrected chi connectivity index (χ4v) is 12.8. The van der Waals surface area contributed by atoms with Crippen molar-refractivity contribution < 1.29 is 0 Å². The Labute approximate surface area is 503 Å². The minimum Gasteiger partial charge on any atom is -0.309 e. The third kappa shape index (κ3) is 9.30. The van der Waals surface area contributed by atoms with Crippen LogP contribution in [0.1, 0.15) is 33.4 Å². The lowest BCUT2D eigenvalue weighted by atomic mass is 10.00. The van der Waals surface area contributed by atoms with Gasteiger partial charge in [0.2, 0.25) is 0 Å². The molecule has 6 nitrogen and oxygen atoms in total. The first-order valence-electron chi connectivity index (χ1n) is 29.5. The Morgan fingerprint density at radius 2 is 0.460 bits per heavy atom. The van der Waals surface area contributed by atoms with E-state index in [2.05, 4.69) is 305 Å². The molecule has 0 aliphatic carbocycles. The van der Waals surface area contributed by atoms with E-state index in [1.54, 1.807) is 0 Å². The zero-order chi connectivity index (χ0) is 57.6. The van der Waals surface area contributed by atoms with E-state index in [4.69, 9.17) is 15.0 Å². The summed E-state index contributed by atoms with van der Waals surface area (Å²) in [7, 11) is 0. The molecule has 0 aliphatic heterocycles.